The number of benzene rings is 1. The molecular weight excluding hydrogens is 503 g/mol. The Bertz CT molecular complexity index is 678. The Labute approximate surface area is 204 Å². The van der Waals surface area contributed by atoms with E-state index in [1.807, 2.05) is 11.0 Å². The number of aliphatic imine (C=N–C) groups is 1. The lowest BCUT2D eigenvalue weighted by Gasteiger charge is -2.36. The second kappa shape index (κ2) is 13.8. The van der Waals surface area contributed by atoms with Crippen molar-refractivity contribution in [3.8, 4) is 0 Å². The Morgan fingerprint density at radius 3 is 2.48 bits per heavy atom. The summed E-state index contributed by atoms with van der Waals surface area (Å²) < 4.78 is 0. The van der Waals surface area contributed by atoms with Gasteiger partial charge in [-0.15, -0.1) is 24.0 Å². The molecule has 3 rings (SSSR count). The van der Waals surface area contributed by atoms with Crippen LogP contribution < -0.4 is 15.5 Å². The number of anilines is 1. The van der Waals surface area contributed by atoms with E-state index in [0.29, 0.717) is 12.0 Å². The Morgan fingerprint density at radius 2 is 1.81 bits per heavy atom. The molecule has 0 radical (unpaired) electrons. The smallest absolute Gasteiger partial charge is 0.242 e. The van der Waals surface area contributed by atoms with Gasteiger partial charge in [-0.1, -0.05) is 24.6 Å². The second-order valence-electron chi connectivity index (χ2n) is 8.29. The molecule has 1 aromatic carbocycles. The highest BCUT2D eigenvalue weighted by Crippen LogP contribution is 2.16. The fourth-order valence-corrected chi connectivity index (χ4v) is 4.32. The first-order valence-electron chi connectivity index (χ1n) is 11.4. The van der Waals surface area contributed by atoms with E-state index < -0.39 is 0 Å². The monoisotopic (exact) mass is 542 g/mol. The molecule has 1 atom stereocenters. The third-order valence-corrected chi connectivity index (χ3v) is 6.24. The van der Waals surface area contributed by atoms with Gasteiger partial charge in [0.1, 0.15) is 0 Å². The number of rotatable bonds is 7. The van der Waals surface area contributed by atoms with Crippen molar-refractivity contribution in [2.24, 2.45) is 4.99 Å². The van der Waals surface area contributed by atoms with Crippen LogP contribution in [0.3, 0.4) is 0 Å². The summed E-state index contributed by atoms with van der Waals surface area (Å²) in [5, 5.41) is 6.52. The number of likely N-dealkylation sites (tertiary alicyclic amines) is 1. The SMILES string of the molecule is CN=C(NCCCN1CCCCC1C)NCC(=O)N1CCN(c2ccccc2)CC1.I. The van der Waals surface area contributed by atoms with Gasteiger partial charge >= 0.3 is 0 Å². The topological polar surface area (TPSA) is 63.2 Å². The van der Waals surface area contributed by atoms with E-state index in [1.165, 1.54) is 31.5 Å². The summed E-state index contributed by atoms with van der Waals surface area (Å²) in [6.45, 7) is 9.09. The van der Waals surface area contributed by atoms with E-state index in [1.54, 1.807) is 7.05 Å². The maximum Gasteiger partial charge on any atom is 0.242 e. The third kappa shape index (κ3) is 8.14. The Balaban J connectivity index is 0.00000341. The van der Waals surface area contributed by atoms with E-state index >= 15 is 0 Å². The van der Waals surface area contributed by atoms with Gasteiger partial charge in [-0.3, -0.25) is 9.79 Å². The fraction of sp³-hybridized carbons (Fsp3) is 0.652. The number of guanidine groups is 1. The third-order valence-electron chi connectivity index (χ3n) is 6.24. The molecule has 2 saturated heterocycles. The molecule has 0 aliphatic carbocycles. The quantitative estimate of drug-likeness (QED) is 0.240. The zero-order chi connectivity index (χ0) is 21.2. The van der Waals surface area contributed by atoms with Crippen molar-refractivity contribution in [1.29, 1.82) is 0 Å². The molecule has 174 valence electrons. The van der Waals surface area contributed by atoms with Crippen LogP contribution in [0.2, 0.25) is 0 Å². The van der Waals surface area contributed by atoms with Crippen LogP contribution in [0, 0.1) is 0 Å². The molecular formula is C23H39IN6O. The first-order chi connectivity index (χ1) is 14.7. The number of hydrogen-bond acceptors (Lipinski definition) is 4. The molecule has 8 heteroatoms. The molecule has 0 spiro atoms. The van der Waals surface area contributed by atoms with Crippen LogP contribution in [0.15, 0.2) is 35.3 Å². The van der Waals surface area contributed by atoms with Crippen LogP contribution in [0.5, 0.6) is 0 Å². The van der Waals surface area contributed by atoms with Crippen LogP contribution in [0.4, 0.5) is 5.69 Å². The van der Waals surface area contributed by atoms with E-state index in [4.69, 9.17) is 0 Å². The molecule has 1 amide bonds. The van der Waals surface area contributed by atoms with Gasteiger partial charge in [0.05, 0.1) is 6.54 Å². The average molecular weight is 543 g/mol. The number of nitrogens with one attached hydrogen (secondary N) is 2. The van der Waals surface area contributed by atoms with Crippen molar-refractivity contribution in [3.63, 3.8) is 0 Å². The van der Waals surface area contributed by atoms with Crippen molar-refractivity contribution in [2.75, 3.05) is 64.3 Å². The highest BCUT2D eigenvalue weighted by Gasteiger charge is 2.21. The van der Waals surface area contributed by atoms with Crippen LogP contribution in [0.25, 0.3) is 0 Å². The molecule has 0 bridgehead atoms. The second-order valence-corrected chi connectivity index (χ2v) is 8.29. The van der Waals surface area contributed by atoms with Gasteiger partial charge in [-0.05, 0) is 44.9 Å². The summed E-state index contributed by atoms with van der Waals surface area (Å²) in [4.78, 5) is 23.7. The average Bonchev–Trinajstić information content (AvgIpc) is 2.80. The minimum atomic E-state index is 0. The van der Waals surface area contributed by atoms with Crippen LogP contribution in [-0.2, 0) is 4.79 Å². The van der Waals surface area contributed by atoms with Crippen molar-refractivity contribution in [2.45, 2.75) is 38.6 Å². The Hall–Kier alpha value is -1.55. The lowest BCUT2D eigenvalue weighted by molar-refractivity contribution is -0.130. The molecule has 2 fully saturated rings. The lowest BCUT2D eigenvalue weighted by Crippen LogP contribution is -2.52. The molecule has 2 N–H and O–H groups in total. The first kappa shape index (κ1) is 25.7. The van der Waals surface area contributed by atoms with Crippen LogP contribution in [-0.4, -0.2) is 87.1 Å². The van der Waals surface area contributed by atoms with Crippen molar-refractivity contribution in [1.82, 2.24) is 20.4 Å². The number of para-hydroxylation sites is 1. The molecule has 2 heterocycles. The lowest BCUT2D eigenvalue weighted by atomic mass is 10.0. The fourth-order valence-electron chi connectivity index (χ4n) is 4.32. The van der Waals surface area contributed by atoms with Gasteiger partial charge in [0.15, 0.2) is 5.96 Å². The minimum absolute atomic E-state index is 0. The number of piperazine rings is 1. The van der Waals surface area contributed by atoms with E-state index in [0.717, 1.165) is 45.7 Å². The standard InChI is InChI=1S/C23H38N6O.HI/c1-20-9-6-7-13-27(20)14-8-12-25-23(24-2)26-19-22(30)29-17-15-28(16-18-29)21-10-4-3-5-11-21;/h3-5,10-11,20H,6-9,12-19H2,1-2H3,(H2,24,25,26);1H. The summed E-state index contributed by atoms with van der Waals surface area (Å²) >= 11 is 0. The molecule has 1 unspecified atom stereocenters. The Kier molecular flexibility index (Phi) is 11.4. The first-order valence-corrected chi connectivity index (χ1v) is 11.4. The van der Waals surface area contributed by atoms with Crippen molar-refractivity contribution >= 4 is 41.5 Å². The molecule has 7 nitrogen and oxygen atoms in total. The molecule has 0 aromatic heterocycles. The number of amides is 1. The van der Waals surface area contributed by atoms with Crippen molar-refractivity contribution < 1.29 is 4.79 Å². The summed E-state index contributed by atoms with van der Waals surface area (Å²) in [5.74, 6) is 0.839. The number of hydrogen-bond donors (Lipinski definition) is 2. The van der Waals surface area contributed by atoms with E-state index in [9.17, 15) is 4.79 Å². The highest BCUT2D eigenvalue weighted by atomic mass is 127. The Morgan fingerprint density at radius 1 is 1.06 bits per heavy atom. The van der Waals surface area contributed by atoms with E-state index in [-0.39, 0.29) is 36.4 Å². The van der Waals surface area contributed by atoms with Gasteiger partial charge in [-0.2, -0.15) is 0 Å². The number of carbonyl (C=O) groups excluding carboxylic acids is 1. The largest absolute Gasteiger partial charge is 0.368 e. The van der Waals surface area contributed by atoms with Crippen LogP contribution >= 0.6 is 24.0 Å². The zero-order valence-corrected chi connectivity index (χ0v) is 21.4. The molecule has 2 aliphatic rings. The predicted molar refractivity (Wildman–Crippen MR) is 140 cm³/mol. The number of piperidine rings is 1. The summed E-state index contributed by atoms with van der Waals surface area (Å²) in [6, 6.07) is 11.1. The number of carbonyl (C=O) groups is 1. The van der Waals surface area contributed by atoms with Gasteiger partial charge in [0.25, 0.3) is 0 Å². The maximum absolute atomic E-state index is 12.6. The summed E-state index contributed by atoms with van der Waals surface area (Å²) in [6.07, 6.45) is 5.09. The molecule has 1 aromatic rings. The molecule has 2 aliphatic heterocycles. The predicted octanol–water partition coefficient (Wildman–Crippen LogP) is 2.38. The summed E-state index contributed by atoms with van der Waals surface area (Å²) in [7, 11) is 1.76. The zero-order valence-electron chi connectivity index (χ0n) is 19.1. The maximum atomic E-state index is 12.6. The number of halogens is 1. The number of nitrogens with zero attached hydrogens (tertiary/aromatic N) is 4. The molecule has 0 saturated carbocycles. The van der Waals surface area contributed by atoms with Crippen LogP contribution in [0.1, 0.15) is 32.6 Å². The van der Waals surface area contributed by atoms with Gasteiger partial charge in [0, 0.05) is 58.0 Å². The molecule has 31 heavy (non-hydrogen) atoms. The minimum Gasteiger partial charge on any atom is -0.368 e. The summed E-state index contributed by atoms with van der Waals surface area (Å²) in [5.41, 5.74) is 1.23. The van der Waals surface area contributed by atoms with Crippen molar-refractivity contribution in [3.05, 3.63) is 30.3 Å². The van der Waals surface area contributed by atoms with Gasteiger partial charge < -0.3 is 25.3 Å². The van der Waals surface area contributed by atoms with Gasteiger partial charge in [0.2, 0.25) is 5.91 Å². The highest BCUT2D eigenvalue weighted by molar-refractivity contribution is 14.0. The van der Waals surface area contributed by atoms with E-state index in [2.05, 4.69) is 56.6 Å². The van der Waals surface area contributed by atoms with Gasteiger partial charge in [-0.25, -0.2) is 0 Å². The normalized spacial score (nSPS) is 20.2.